The summed E-state index contributed by atoms with van der Waals surface area (Å²) in [7, 11) is 1.71. The van der Waals surface area contributed by atoms with Gasteiger partial charge in [-0.05, 0) is 55.2 Å². The Morgan fingerprint density at radius 2 is 2.10 bits per heavy atom. The molecule has 0 radical (unpaired) electrons. The standard InChI is InChI=1S/C18H19NO2/c1-11-3-8-17-16(9-11)19-15-7-5-12-4-6-13(20-2)10-14(12)18(15)21-17/h3-4,6,8-10,15,18-19H,5,7H2,1-2H3. The van der Waals surface area contributed by atoms with Crippen molar-refractivity contribution in [1.29, 1.82) is 0 Å². The third-order valence-corrected chi connectivity index (χ3v) is 4.48. The maximum Gasteiger partial charge on any atom is 0.144 e. The molecule has 108 valence electrons. The molecule has 2 atom stereocenters. The number of hydrogen-bond donors (Lipinski definition) is 1. The van der Waals surface area contributed by atoms with Crippen molar-refractivity contribution in [3.05, 3.63) is 53.1 Å². The molecular formula is C18H19NO2. The van der Waals surface area contributed by atoms with Crippen LogP contribution in [-0.2, 0) is 6.42 Å². The van der Waals surface area contributed by atoms with Crippen molar-refractivity contribution in [3.63, 3.8) is 0 Å². The number of benzene rings is 2. The van der Waals surface area contributed by atoms with E-state index in [2.05, 4.69) is 42.6 Å². The van der Waals surface area contributed by atoms with Gasteiger partial charge >= 0.3 is 0 Å². The van der Waals surface area contributed by atoms with Crippen LogP contribution in [0.2, 0.25) is 0 Å². The van der Waals surface area contributed by atoms with E-state index in [4.69, 9.17) is 9.47 Å². The summed E-state index contributed by atoms with van der Waals surface area (Å²) in [6, 6.07) is 13.0. The van der Waals surface area contributed by atoms with Crippen LogP contribution in [0.1, 0.15) is 29.2 Å². The van der Waals surface area contributed by atoms with Crippen LogP contribution in [-0.4, -0.2) is 13.2 Å². The minimum absolute atomic E-state index is 0.0686. The molecule has 3 nitrogen and oxygen atoms in total. The van der Waals surface area contributed by atoms with Gasteiger partial charge in [-0.2, -0.15) is 0 Å². The largest absolute Gasteiger partial charge is 0.497 e. The van der Waals surface area contributed by atoms with E-state index in [1.54, 1.807) is 7.11 Å². The van der Waals surface area contributed by atoms with Crippen molar-refractivity contribution in [1.82, 2.24) is 0 Å². The Morgan fingerprint density at radius 3 is 2.95 bits per heavy atom. The SMILES string of the molecule is COc1ccc2c(c1)C1Oc3ccc(C)cc3NC1CC2. The highest BCUT2D eigenvalue weighted by Gasteiger charge is 2.35. The minimum Gasteiger partial charge on any atom is -0.497 e. The summed E-state index contributed by atoms with van der Waals surface area (Å²) in [5, 5.41) is 3.65. The molecular weight excluding hydrogens is 262 g/mol. The fourth-order valence-electron chi connectivity index (χ4n) is 3.36. The summed E-state index contributed by atoms with van der Waals surface area (Å²) >= 11 is 0. The smallest absolute Gasteiger partial charge is 0.144 e. The van der Waals surface area contributed by atoms with Gasteiger partial charge in [0.1, 0.15) is 17.6 Å². The number of anilines is 1. The first-order chi connectivity index (χ1) is 10.2. The molecule has 0 amide bonds. The molecule has 1 aliphatic heterocycles. The highest BCUT2D eigenvalue weighted by molar-refractivity contribution is 5.61. The lowest BCUT2D eigenvalue weighted by molar-refractivity contribution is 0.157. The topological polar surface area (TPSA) is 30.5 Å². The molecule has 1 heterocycles. The number of ether oxygens (including phenoxy) is 2. The summed E-state index contributed by atoms with van der Waals surface area (Å²) < 4.78 is 11.7. The summed E-state index contributed by atoms with van der Waals surface area (Å²) in [6.45, 7) is 2.11. The lowest BCUT2D eigenvalue weighted by Crippen LogP contribution is -2.38. The fourth-order valence-corrected chi connectivity index (χ4v) is 3.36. The molecule has 0 fully saturated rings. The quantitative estimate of drug-likeness (QED) is 0.861. The maximum absolute atomic E-state index is 6.30. The number of nitrogens with one attached hydrogen (secondary N) is 1. The van der Waals surface area contributed by atoms with Crippen LogP contribution >= 0.6 is 0 Å². The molecule has 3 heteroatoms. The van der Waals surface area contributed by atoms with Gasteiger partial charge in [-0.25, -0.2) is 0 Å². The molecule has 0 bridgehead atoms. The number of hydrogen-bond acceptors (Lipinski definition) is 3. The Balaban J connectivity index is 1.76. The summed E-state index contributed by atoms with van der Waals surface area (Å²) in [6.07, 6.45) is 2.24. The second-order valence-electron chi connectivity index (χ2n) is 5.89. The lowest BCUT2D eigenvalue weighted by atomic mass is 9.84. The van der Waals surface area contributed by atoms with E-state index in [1.165, 1.54) is 16.7 Å². The molecule has 2 unspecified atom stereocenters. The van der Waals surface area contributed by atoms with Crippen molar-refractivity contribution in [2.75, 3.05) is 12.4 Å². The number of aryl methyl sites for hydroxylation is 2. The average Bonchev–Trinajstić information content (AvgIpc) is 2.52. The molecule has 1 N–H and O–H groups in total. The second-order valence-corrected chi connectivity index (χ2v) is 5.89. The molecule has 0 saturated heterocycles. The van der Waals surface area contributed by atoms with Gasteiger partial charge in [-0.1, -0.05) is 12.1 Å². The zero-order chi connectivity index (χ0) is 14.4. The van der Waals surface area contributed by atoms with E-state index in [0.29, 0.717) is 6.04 Å². The van der Waals surface area contributed by atoms with Crippen LogP contribution in [0.15, 0.2) is 36.4 Å². The van der Waals surface area contributed by atoms with Gasteiger partial charge in [0.15, 0.2) is 0 Å². The van der Waals surface area contributed by atoms with Gasteiger partial charge in [-0.15, -0.1) is 0 Å². The van der Waals surface area contributed by atoms with Crippen molar-refractivity contribution in [3.8, 4) is 11.5 Å². The predicted octanol–water partition coefficient (Wildman–Crippen LogP) is 3.86. The molecule has 21 heavy (non-hydrogen) atoms. The highest BCUT2D eigenvalue weighted by Crippen LogP contribution is 2.43. The third kappa shape index (κ3) is 2.04. The molecule has 0 saturated carbocycles. The van der Waals surface area contributed by atoms with E-state index in [1.807, 2.05) is 6.07 Å². The van der Waals surface area contributed by atoms with Gasteiger partial charge in [0.05, 0.1) is 18.8 Å². The molecule has 2 aromatic carbocycles. The monoisotopic (exact) mass is 281 g/mol. The second kappa shape index (κ2) is 4.69. The van der Waals surface area contributed by atoms with Gasteiger partial charge in [0.25, 0.3) is 0 Å². The maximum atomic E-state index is 6.30. The molecule has 0 spiro atoms. The third-order valence-electron chi connectivity index (χ3n) is 4.48. The summed E-state index contributed by atoms with van der Waals surface area (Å²) in [5.41, 5.74) is 4.99. The first kappa shape index (κ1) is 12.6. The van der Waals surface area contributed by atoms with E-state index >= 15 is 0 Å². The van der Waals surface area contributed by atoms with Gasteiger partial charge < -0.3 is 14.8 Å². The Hall–Kier alpha value is -2.16. The van der Waals surface area contributed by atoms with E-state index in [9.17, 15) is 0 Å². The van der Waals surface area contributed by atoms with Crippen LogP contribution < -0.4 is 14.8 Å². The average molecular weight is 281 g/mol. The lowest BCUT2D eigenvalue weighted by Gasteiger charge is -2.39. The minimum atomic E-state index is 0.0686. The Morgan fingerprint density at radius 1 is 1.19 bits per heavy atom. The Bertz CT molecular complexity index is 696. The first-order valence-electron chi connectivity index (χ1n) is 7.45. The van der Waals surface area contributed by atoms with Gasteiger partial charge in [0, 0.05) is 5.56 Å². The van der Waals surface area contributed by atoms with Gasteiger partial charge in [-0.3, -0.25) is 0 Å². The molecule has 2 aliphatic rings. The van der Waals surface area contributed by atoms with Crippen LogP contribution in [0.3, 0.4) is 0 Å². The molecule has 1 aliphatic carbocycles. The number of fused-ring (bicyclic) bond motifs is 4. The number of methoxy groups -OCH3 is 1. The van der Waals surface area contributed by atoms with Crippen molar-refractivity contribution in [2.24, 2.45) is 0 Å². The van der Waals surface area contributed by atoms with Crippen molar-refractivity contribution < 1.29 is 9.47 Å². The van der Waals surface area contributed by atoms with E-state index < -0.39 is 0 Å². The Labute approximate surface area is 124 Å². The number of rotatable bonds is 1. The zero-order valence-electron chi connectivity index (χ0n) is 12.3. The van der Waals surface area contributed by atoms with Crippen LogP contribution in [0.5, 0.6) is 11.5 Å². The van der Waals surface area contributed by atoms with Crippen molar-refractivity contribution in [2.45, 2.75) is 31.9 Å². The molecule has 0 aromatic heterocycles. The van der Waals surface area contributed by atoms with Crippen LogP contribution in [0.25, 0.3) is 0 Å². The van der Waals surface area contributed by atoms with Crippen LogP contribution in [0, 0.1) is 6.92 Å². The summed E-state index contributed by atoms with van der Waals surface area (Å²) in [4.78, 5) is 0. The molecule has 4 rings (SSSR count). The highest BCUT2D eigenvalue weighted by atomic mass is 16.5. The first-order valence-corrected chi connectivity index (χ1v) is 7.45. The van der Waals surface area contributed by atoms with E-state index in [-0.39, 0.29) is 6.10 Å². The Kier molecular flexibility index (Phi) is 2.81. The normalized spacial score (nSPS) is 22.2. The predicted molar refractivity (Wildman–Crippen MR) is 83.3 cm³/mol. The van der Waals surface area contributed by atoms with E-state index in [0.717, 1.165) is 30.0 Å². The van der Waals surface area contributed by atoms with Crippen LogP contribution in [0.4, 0.5) is 5.69 Å². The zero-order valence-corrected chi connectivity index (χ0v) is 12.3. The molecule has 2 aromatic rings. The van der Waals surface area contributed by atoms with Crippen molar-refractivity contribution >= 4 is 5.69 Å². The summed E-state index contributed by atoms with van der Waals surface area (Å²) in [5.74, 6) is 1.84. The fraction of sp³-hybridized carbons (Fsp3) is 0.333. The van der Waals surface area contributed by atoms with Gasteiger partial charge in [0.2, 0.25) is 0 Å².